The molecule has 0 bridgehead atoms. The Morgan fingerprint density at radius 1 is 0.808 bits per heavy atom. The summed E-state index contributed by atoms with van der Waals surface area (Å²) in [6.45, 7) is 21.8. The van der Waals surface area contributed by atoms with E-state index in [4.69, 9.17) is 5.73 Å². The van der Waals surface area contributed by atoms with Gasteiger partial charge < -0.3 is 36.8 Å². The highest BCUT2D eigenvalue weighted by molar-refractivity contribution is 6.37. The quantitative estimate of drug-likeness (QED) is 0.215. The molecule has 5 aliphatic rings. The van der Waals surface area contributed by atoms with Crippen molar-refractivity contribution >= 4 is 35.4 Å². The number of ketones is 1. The van der Waals surface area contributed by atoms with E-state index in [9.17, 15) is 28.8 Å². The van der Waals surface area contributed by atoms with Gasteiger partial charge in [0.15, 0.2) is 0 Å². The van der Waals surface area contributed by atoms with Crippen LogP contribution in [-0.4, -0.2) is 101 Å². The number of urea groups is 1. The maximum absolute atomic E-state index is 14.9. The molecular weight excluding hydrogens is 662 g/mol. The van der Waals surface area contributed by atoms with E-state index in [0.29, 0.717) is 39.0 Å². The number of nitrogens with one attached hydrogen (secondary N) is 4. The number of fused-ring (bicyclic) bond motifs is 1. The van der Waals surface area contributed by atoms with Crippen LogP contribution in [0.25, 0.3) is 0 Å². The van der Waals surface area contributed by atoms with Crippen molar-refractivity contribution in [3.8, 4) is 0 Å². The van der Waals surface area contributed by atoms with Gasteiger partial charge in [-0.25, -0.2) is 4.79 Å². The van der Waals surface area contributed by atoms with Crippen LogP contribution in [0.2, 0.25) is 0 Å². The van der Waals surface area contributed by atoms with Gasteiger partial charge in [-0.1, -0.05) is 81.1 Å². The predicted molar refractivity (Wildman–Crippen MR) is 198 cm³/mol. The third-order valence-electron chi connectivity index (χ3n) is 13.7. The zero-order chi connectivity index (χ0) is 38.8. The van der Waals surface area contributed by atoms with Crippen LogP contribution in [0, 0.1) is 33.0 Å². The summed E-state index contributed by atoms with van der Waals surface area (Å²) in [5.41, 5.74) is 3.37. The highest BCUT2D eigenvalue weighted by Gasteiger charge is 2.85. The van der Waals surface area contributed by atoms with Gasteiger partial charge >= 0.3 is 6.03 Å². The molecule has 0 aromatic rings. The van der Waals surface area contributed by atoms with Crippen molar-refractivity contribution in [2.45, 2.75) is 150 Å². The summed E-state index contributed by atoms with van der Waals surface area (Å²) >= 11 is 0. The molecule has 0 aromatic carbocycles. The van der Waals surface area contributed by atoms with Crippen molar-refractivity contribution in [2.75, 3.05) is 26.2 Å². The minimum atomic E-state index is -1.09. The number of nitrogens with two attached hydrogens (primary N) is 1. The first-order valence-electron chi connectivity index (χ1n) is 19.4. The molecule has 2 aliphatic heterocycles. The molecule has 1 unspecified atom stereocenters. The number of nitrogens with zero attached hydrogens (tertiary/aromatic N) is 2. The van der Waals surface area contributed by atoms with Crippen LogP contribution in [0.15, 0.2) is 0 Å². The van der Waals surface area contributed by atoms with Crippen LogP contribution >= 0.6 is 0 Å². The minimum Gasteiger partial charge on any atom is -0.363 e. The molecule has 2 spiro atoms. The minimum absolute atomic E-state index is 0.0167. The Morgan fingerprint density at radius 3 is 1.83 bits per heavy atom. The number of likely N-dealkylation sites (tertiary alicyclic amines) is 1. The predicted octanol–water partition coefficient (Wildman–Crippen LogP) is 2.85. The fourth-order valence-corrected chi connectivity index (χ4v) is 10.1. The van der Waals surface area contributed by atoms with E-state index in [1.54, 1.807) is 9.80 Å². The first-order chi connectivity index (χ1) is 23.9. The third kappa shape index (κ3) is 7.07. The van der Waals surface area contributed by atoms with Crippen LogP contribution in [0.5, 0.6) is 0 Å². The summed E-state index contributed by atoms with van der Waals surface area (Å²) in [5, 5.41) is 12.1. The first-order valence-corrected chi connectivity index (χ1v) is 19.4. The molecule has 3 aliphatic carbocycles. The van der Waals surface area contributed by atoms with E-state index in [1.165, 1.54) is 0 Å². The normalized spacial score (nSPS) is 27.8. The van der Waals surface area contributed by atoms with Crippen molar-refractivity contribution in [2.24, 2.45) is 38.7 Å². The topological polar surface area (TPSA) is 183 Å². The van der Waals surface area contributed by atoms with Gasteiger partial charge in [0.25, 0.3) is 5.91 Å². The van der Waals surface area contributed by atoms with Crippen molar-refractivity contribution in [1.29, 1.82) is 0 Å². The highest BCUT2D eigenvalue weighted by atomic mass is 16.2. The molecule has 3 saturated carbocycles. The van der Waals surface area contributed by atoms with Crippen LogP contribution in [0.1, 0.15) is 121 Å². The fraction of sp³-hybridized carbons (Fsp3) is 0.846. The molecule has 5 atom stereocenters. The lowest BCUT2D eigenvalue weighted by Crippen LogP contribution is -2.65. The Hall–Kier alpha value is -3.22. The second-order valence-electron chi connectivity index (χ2n) is 19.9. The van der Waals surface area contributed by atoms with E-state index < -0.39 is 64.5 Å². The molecule has 0 aromatic heterocycles. The molecule has 5 rings (SSSR count). The molecular formula is C39H65N7O6. The number of carbonyl (C=O) groups excluding carboxylic acids is 6. The lowest BCUT2D eigenvalue weighted by atomic mass is 9.73. The Morgan fingerprint density at radius 2 is 1.38 bits per heavy atom. The van der Waals surface area contributed by atoms with Gasteiger partial charge in [0.05, 0.1) is 6.04 Å². The summed E-state index contributed by atoms with van der Waals surface area (Å²) in [5.74, 6) is -2.75. The third-order valence-corrected chi connectivity index (χ3v) is 13.7. The van der Waals surface area contributed by atoms with E-state index in [0.717, 1.165) is 38.5 Å². The van der Waals surface area contributed by atoms with Crippen molar-refractivity contribution in [1.82, 2.24) is 31.1 Å². The Balaban J connectivity index is 1.39. The van der Waals surface area contributed by atoms with Gasteiger partial charge in [-0.05, 0) is 67.1 Å². The van der Waals surface area contributed by atoms with Gasteiger partial charge in [-0.2, -0.15) is 0 Å². The van der Waals surface area contributed by atoms with E-state index in [2.05, 4.69) is 35.1 Å². The average molecular weight is 728 g/mol. The molecule has 5 fully saturated rings. The van der Waals surface area contributed by atoms with Crippen LogP contribution in [0.4, 0.5) is 4.79 Å². The molecule has 0 radical (unpaired) electrons. The number of amides is 6. The standard InChI is InChI=1S/C39H65N7O6/c1-34(2,3)27(31(50)45-18-17-41-36(7,8)21-45)43-33(52)44-28(35(4,5)6)32(51)46-22-39(37(9,10)38(39)15-12-16-38)20-25(46)30(49)42-24(26(47)29(40)48)19-23-13-11-14-23/h23-25,27-28,41H,11-22H2,1-10H3,(H2,40,48)(H,42,49)(H2,43,44,52)/t24?,25-,27+,28+,39+/m0/s1. The fourth-order valence-electron chi connectivity index (χ4n) is 10.1. The average Bonchev–Trinajstić information content (AvgIpc) is 3.20. The Kier molecular flexibility index (Phi) is 10.4. The van der Waals surface area contributed by atoms with E-state index in [-0.39, 0.29) is 33.6 Å². The molecule has 6 amide bonds. The molecule has 13 heteroatoms. The van der Waals surface area contributed by atoms with Crippen LogP contribution in [0.3, 0.4) is 0 Å². The molecule has 292 valence electrons. The van der Waals surface area contributed by atoms with E-state index in [1.807, 2.05) is 55.4 Å². The molecule has 6 N–H and O–H groups in total. The van der Waals surface area contributed by atoms with Gasteiger partial charge in [0, 0.05) is 37.1 Å². The number of hydrogen-bond donors (Lipinski definition) is 5. The number of carbonyl (C=O) groups is 6. The first kappa shape index (κ1) is 40.0. The molecule has 52 heavy (non-hydrogen) atoms. The van der Waals surface area contributed by atoms with E-state index >= 15 is 0 Å². The second kappa shape index (κ2) is 13.6. The molecule has 2 saturated heterocycles. The van der Waals surface area contributed by atoms with Gasteiger partial charge in [-0.3, -0.25) is 24.0 Å². The lowest BCUT2D eigenvalue weighted by Gasteiger charge is -2.42. The Bertz CT molecular complexity index is 1470. The number of primary amides is 1. The number of rotatable bonds is 10. The SMILES string of the molecule is CC1(C)CN(C(=O)[C@@H](NC(=O)N[C@H](C(=O)N2C[C@]3(C[C@H]2C(=O)NC(CC2CCC2)C(=O)C(N)=O)C(C)(C)C32CCC2)C(C)(C)C)C(C)(C)C)CCN1. The number of hydrogen-bond acceptors (Lipinski definition) is 7. The summed E-state index contributed by atoms with van der Waals surface area (Å²) in [4.78, 5) is 85.3. The summed E-state index contributed by atoms with van der Waals surface area (Å²) in [7, 11) is 0. The highest BCUT2D eigenvalue weighted by Crippen LogP contribution is 2.88. The summed E-state index contributed by atoms with van der Waals surface area (Å²) < 4.78 is 0. The van der Waals surface area contributed by atoms with Gasteiger partial charge in [-0.15, -0.1) is 0 Å². The molecule has 13 nitrogen and oxygen atoms in total. The maximum Gasteiger partial charge on any atom is 0.316 e. The monoisotopic (exact) mass is 727 g/mol. The smallest absolute Gasteiger partial charge is 0.316 e. The zero-order valence-electron chi connectivity index (χ0n) is 33.3. The van der Waals surface area contributed by atoms with Crippen molar-refractivity contribution in [3.05, 3.63) is 0 Å². The Labute approximate surface area is 310 Å². The number of Topliss-reactive ketones (excluding diaryl/α,β-unsaturated/α-hetero) is 1. The van der Waals surface area contributed by atoms with Gasteiger partial charge in [0.2, 0.25) is 23.5 Å². The second-order valence-corrected chi connectivity index (χ2v) is 19.9. The largest absolute Gasteiger partial charge is 0.363 e. The van der Waals surface area contributed by atoms with Crippen molar-refractivity contribution < 1.29 is 28.8 Å². The summed E-state index contributed by atoms with van der Waals surface area (Å²) in [6, 6.07) is -4.48. The van der Waals surface area contributed by atoms with Crippen LogP contribution in [-0.2, 0) is 24.0 Å². The van der Waals surface area contributed by atoms with Gasteiger partial charge in [0.1, 0.15) is 18.1 Å². The summed E-state index contributed by atoms with van der Waals surface area (Å²) in [6.07, 6.45) is 6.78. The van der Waals surface area contributed by atoms with Crippen LogP contribution < -0.4 is 27.0 Å². The number of piperazine rings is 1. The van der Waals surface area contributed by atoms with Crippen molar-refractivity contribution in [3.63, 3.8) is 0 Å². The molecule has 2 heterocycles. The lowest BCUT2D eigenvalue weighted by molar-refractivity contribution is -0.143. The zero-order valence-corrected chi connectivity index (χ0v) is 33.3. The maximum atomic E-state index is 14.9.